The summed E-state index contributed by atoms with van der Waals surface area (Å²) in [6.45, 7) is 1.44. The summed E-state index contributed by atoms with van der Waals surface area (Å²) in [4.78, 5) is 31.6. The molecule has 0 spiro atoms. The topological polar surface area (TPSA) is 96.6 Å². The minimum atomic E-state index is -0.201. The number of fused-ring (bicyclic) bond motifs is 2. The van der Waals surface area contributed by atoms with E-state index in [0.717, 1.165) is 0 Å². The molecule has 2 heterocycles. The maximum absolute atomic E-state index is 11.9. The summed E-state index contributed by atoms with van der Waals surface area (Å²) >= 11 is 0. The van der Waals surface area contributed by atoms with E-state index in [0.29, 0.717) is 33.7 Å². The van der Waals surface area contributed by atoms with Crippen molar-refractivity contribution in [3.8, 4) is 0 Å². The van der Waals surface area contributed by atoms with E-state index < -0.39 is 0 Å². The summed E-state index contributed by atoms with van der Waals surface area (Å²) in [5, 5.41) is 5.39. The van der Waals surface area contributed by atoms with Crippen LogP contribution in [0.2, 0.25) is 0 Å². The first-order valence-electron chi connectivity index (χ1n) is 7.28. The average molecular weight is 320 g/mol. The summed E-state index contributed by atoms with van der Waals surface area (Å²) in [5.74, 6) is 0.0428. The summed E-state index contributed by atoms with van der Waals surface area (Å²) in [6.07, 6.45) is 0. The van der Waals surface area contributed by atoms with E-state index >= 15 is 0 Å². The molecule has 0 saturated carbocycles. The molecule has 7 heteroatoms. The van der Waals surface area contributed by atoms with Gasteiger partial charge in [-0.15, -0.1) is 0 Å². The molecule has 0 aliphatic carbocycles. The molecule has 1 aliphatic heterocycles. The largest absolute Gasteiger partial charge is 0.422 e. The van der Waals surface area contributed by atoms with Crippen LogP contribution in [0.4, 0.5) is 11.7 Å². The highest BCUT2D eigenvalue weighted by molar-refractivity contribution is 6.23. The molecule has 0 unspecified atom stereocenters. The molecule has 0 fully saturated rings. The van der Waals surface area contributed by atoms with Crippen molar-refractivity contribution in [3.63, 3.8) is 0 Å². The van der Waals surface area contributed by atoms with Crippen LogP contribution in [-0.4, -0.2) is 22.6 Å². The molecular weight excluding hydrogens is 308 g/mol. The number of oxazole rings is 1. The van der Waals surface area contributed by atoms with E-state index in [-0.39, 0.29) is 17.8 Å². The normalized spacial score (nSPS) is 14.7. The van der Waals surface area contributed by atoms with Gasteiger partial charge in [-0.1, -0.05) is 18.2 Å². The molecule has 2 aromatic carbocycles. The Bertz CT molecular complexity index is 1020. The highest BCUT2D eigenvalue weighted by Crippen LogP contribution is 2.25. The maximum Gasteiger partial charge on any atom is 0.324 e. The van der Waals surface area contributed by atoms with Gasteiger partial charge in [0.1, 0.15) is 11.4 Å². The summed E-state index contributed by atoms with van der Waals surface area (Å²) in [7, 11) is 0. The number of amides is 2. The van der Waals surface area contributed by atoms with Crippen molar-refractivity contribution in [2.45, 2.75) is 6.92 Å². The van der Waals surface area contributed by atoms with Gasteiger partial charge in [0.2, 0.25) is 5.91 Å². The average Bonchev–Trinajstić information content (AvgIpc) is 3.08. The number of hydrogen-bond acceptors (Lipinski definition) is 5. The van der Waals surface area contributed by atoms with Crippen LogP contribution >= 0.6 is 0 Å². The van der Waals surface area contributed by atoms with Crippen molar-refractivity contribution >= 4 is 40.5 Å². The first-order valence-corrected chi connectivity index (χ1v) is 7.28. The number of anilines is 1. The van der Waals surface area contributed by atoms with Crippen LogP contribution in [0.15, 0.2) is 51.9 Å². The van der Waals surface area contributed by atoms with E-state index in [2.05, 4.69) is 20.6 Å². The molecule has 0 atom stereocenters. The van der Waals surface area contributed by atoms with Gasteiger partial charge < -0.3 is 15.1 Å². The molecule has 1 aliphatic rings. The molecule has 118 valence electrons. The molecule has 2 N–H and O–H groups in total. The standard InChI is InChI=1S/C17H12N4O3/c1-9(22)18-10-6-7-14-13(8-10)19-17(24-14)21-15-11-4-2-3-5-12(11)16(23)20-15/h2-8H,1H3,(H,18,22)(H,19,20,21,23). The highest BCUT2D eigenvalue weighted by Gasteiger charge is 2.24. The second-order valence-corrected chi connectivity index (χ2v) is 5.32. The Morgan fingerprint density at radius 1 is 1.21 bits per heavy atom. The third-order valence-electron chi connectivity index (χ3n) is 3.56. The monoisotopic (exact) mass is 320 g/mol. The minimum absolute atomic E-state index is 0.136. The number of carbonyl (C=O) groups is 2. The summed E-state index contributed by atoms with van der Waals surface area (Å²) in [6, 6.07) is 12.4. The van der Waals surface area contributed by atoms with Crippen LogP contribution in [-0.2, 0) is 4.79 Å². The SMILES string of the molecule is CC(=O)Nc1ccc2oc(N=C3NC(=O)c4ccccc43)nc2c1. The third-order valence-corrected chi connectivity index (χ3v) is 3.56. The summed E-state index contributed by atoms with van der Waals surface area (Å²) in [5.41, 5.74) is 3.02. The molecule has 4 rings (SSSR count). The molecule has 0 bridgehead atoms. The van der Waals surface area contributed by atoms with Gasteiger partial charge in [0.25, 0.3) is 5.91 Å². The van der Waals surface area contributed by atoms with Gasteiger partial charge in [-0.2, -0.15) is 9.98 Å². The van der Waals surface area contributed by atoms with Crippen LogP contribution in [0.3, 0.4) is 0 Å². The minimum Gasteiger partial charge on any atom is -0.422 e. The van der Waals surface area contributed by atoms with Crippen LogP contribution in [0.1, 0.15) is 22.8 Å². The number of aromatic nitrogens is 1. The number of nitrogens with one attached hydrogen (secondary N) is 2. The number of amidine groups is 1. The number of aliphatic imine (C=N–C) groups is 1. The Balaban J connectivity index is 1.73. The Hall–Kier alpha value is -3.48. The predicted molar refractivity (Wildman–Crippen MR) is 88.4 cm³/mol. The molecule has 2 amide bonds. The Morgan fingerprint density at radius 3 is 2.79 bits per heavy atom. The quantitative estimate of drug-likeness (QED) is 0.758. The smallest absolute Gasteiger partial charge is 0.324 e. The number of nitrogens with zero attached hydrogens (tertiary/aromatic N) is 2. The zero-order chi connectivity index (χ0) is 16.7. The number of carbonyl (C=O) groups excluding carboxylic acids is 2. The molecule has 0 radical (unpaired) electrons. The number of hydrogen-bond donors (Lipinski definition) is 2. The Labute approximate surface area is 136 Å². The van der Waals surface area contributed by atoms with Gasteiger partial charge in [0, 0.05) is 18.2 Å². The highest BCUT2D eigenvalue weighted by atomic mass is 16.4. The lowest BCUT2D eigenvalue weighted by molar-refractivity contribution is -0.114. The zero-order valence-corrected chi connectivity index (χ0v) is 12.7. The van der Waals surface area contributed by atoms with E-state index in [4.69, 9.17) is 4.42 Å². The molecule has 24 heavy (non-hydrogen) atoms. The number of rotatable bonds is 2. The Morgan fingerprint density at radius 2 is 2.00 bits per heavy atom. The lowest BCUT2D eigenvalue weighted by atomic mass is 10.1. The van der Waals surface area contributed by atoms with Crippen molar-refractivity contribution in [3.05, 3.63) is 53.6 Å². The van der Waals surface area contributed by atoms with Crippen molar-refractivity contribution in [1.29, 1.82) is 0 Å². The first-order chi connectivity index (χ1) is 11.6. The van der Waals surface area contributed by atoms with Gasteiger partial charge >= 0.3 is 6.01 Å². The predicted octanol–water partition coefficient (Wildman–Crippen LogP) is 2.61. The lowest BCUT2D eigenvalue weighted by Crippen LogP contribution is -2.21. The van der Waals surface area contributed by atoms with E-state index in [1.807, 2.05) is 12.1 Å². The van der Waals surface area contributed by atoms with E-state index in [1.165, 1.54) is 6.92 Å². The Kier molecular flexibility index (Phi) is 3.13. The van der Waals surface area contributed by atoms with Crippen LogP contribution in [0, 0.1) is 0 Å². The van der Waals surface area contributed by atoms with Crippen molar-refractivity contribution < 1.29 is 14.0 Å². The molecule has 0 saturated heterocycles. The first kappa shape index (κ1) is 14.1. The van der Waals surface area contributed by atoms with E-state index in [9.17, 15) is 9.59 Å². The fraction of sp³-hybridized carbons (Fsp3) is 0.0588. The van der Waals surface area contributed by atoms with Crippen molar-refractivity contribution in [1.82, 2.24) is 10.3 Å². The fourth-order valence-electron chi connectivity index (χ4n) is 2.56. The molecule has 1 aromatic heterocycles. The second kappa shape index (κ2) is 5.31. The van der Waals surface area contributed by atoms with Gasteiger partial charge in [-0.3, -0.25) is 9.59 Å². The van der Waals surface area contributed by atoms with Gasteiger partial charge in [-0.05, 0) is 24.3 Å². The van der Waals surface area contributed by atoms with Crippen molar-refractivity contribution in [2.75, 3.05) is 5.32 Å². The summed E-state index contributed by atoms with van der Waals surface area (Å²) < 4.78 is 5.58. The second-order valence-electron chi connectivity index (χ2n) is 5.32. The van der Waals surface area contributed by atoms with Crippen LogP contribution in [0.5, 0.6) is 0 Å². The van der Waals surface area contributed by atoms with Crippen LogP contribution < -0.4 is 10.6 Å². The van der Waals surface area contributed by atoms with Crippen LogP contribution in [0.25, 0.3) is 11.1 Å². The van der Waals surface area contributed by atoms with Gasteiger partial charge in [0.05, 0.1) is 5.56 Å². The van der Waals surface area contributed by atoms with Gasteiger partial charge in [-0.25, -0.2) is 0 Å². The maximum atomic E-state index is 11.9. The lowest BCUT2D eigenvalue weighted by Gasteiger charge is -1.99. The molecular formula is C17H12N4O3. The van der Waals surface area contributed by atoms with E-state index in [1.54, 1.807) is 30.3 Å². The van der Waals surface area contributed by atoms with Crippen molar-refractivity contribution in [2.24, 2.45) is 4.99 Å². The molecule has 3 aromatic rings. The third kappa shape index (κ3) is 2.41. The van der Waals surface area contributed by atoms with Gasteiger partial charge in [0.15, 0.2) is 5.58 Å². The molecule has 7 nitrogen and oxygen atoms in total. The zero-order valence-electron chi connectivity index (χ0n) is 12.7. The number of benzene rings is 2. The fourth-order valence-corrected chi connectivity index (χ4v) is 2.56.